The Balaban J connectivity index is 2.25. The van der Waals surface area contributed by atoms with Gasteiger partial charge in [-0.25, -0.2) is 4.98 Å². The molecule has 0 aliphatic rings. The molecule has 0 fully saturated rings. The number of phenolic OH excluding ortho intramolecular Hbond substituents is 1. The molecular weight excluding hydrogens is 266 g/mol. The summed E-state index contributed by atoms with van der Waals surface area (Å²) in [5.41, 5.74) is 1.50. The molecule has 1 aromatic carbocycles. The molecule has 1 heterocycles. The van der Waals surface area contributed by atoms with Crippen LogP contribution in [-0.2, 0) is 16.0 Å². The number of ether oxygens (including phenoxy) is 2. The number of hydrogen-bond donors (Lipinski definition) is 1. The van der Waals surface area contributed by atoms with Crippen LogP contribution in [0.25, 0.3) is 10.6 Å². The Morgan fingerprint density at radius 1 is 1.42 bits per heavy atom. The van der Waals surface area contributed by atoms with Crippen molar-refractivity contribution in [2.24, 2.45) is 0 Å². The number of benzene rings is 1. The normalized spacial score (nSPS) is 10.2. The standard InChI is InChI=1S/C13H13NO4S/c1-17-11-5-8(3-4-10(11)15)13-14-9(7-19-13)6-12(16)18-2/h3-5,7,15H,6H2,1-2H3. The zero-order chi connectivity index (χ0) is 13.8. The Kier molecular flexibility index (Phi) is 4.01. The molecular formula is C13H13NO4S. The second-order valence-corrected chi connectivity index (χ2v) is 4.64. The molecule has 19 heavy (non-hydrogen) atoms. The summed E-state index contributed by atoms with van der Waals surface area (Å²) in [5, 5.41) is 12.1. The van der Waals surface area contributed by atoms with Crippen molar-refractivity contribution in [1.82, 2.24) is 4.98 Å². The summed E-state index contributed by atoms with van der Waals surface area (Å²) in [6.07, 6.45) is 0.155. The van der Waals surface area contributed by atoms with Gasteiger partial charge in [0.05, 0.1) is 26.3 Å². The molecule has 0 unspecified atom stereocenters. The summed E-state index contributed by atoms with van der Waals surface area (Å²) in [5.74, 6) is 0.153. The van der Waals surface area contributed by atoms with Crippen LogP contribution in [-0.4, -0.2) is 30.3 Å². The number of phenols is 1. The first-order chi connectivity index (χ1) is 9.13. The zero-order valence-corrected chi connectivity index (χ0v) is 11.4. The molecule has 0 saturated carbocycles. The van der Waals surface area contributed by atoms with Gasteiger partial charge < -0.3 is 14.6 Å². The van der Waals surface area contributed by atoms with Crippen molar-refractivity contribution in [3.63, 3.8) is 0 Å². The predicted octanol–water partition coefficient (Wildman–Crippen LogP) is 2.24. The highest BCUT2D eigenvalue weighted by Gasteiger charge is 2.11. The number of carbonyl (C=O) groups excluding carboxylic acids is 1. The van der Waals surface area contributed by atoms with Crippen molar-refractivity contribution in [3.05, 3.63) is 29.3 Å². The minimum absolute atomic E-state index is 0.0811. The molecule has 0 bridgehead atoms. The highest BCUT2D eigenvalue weighted by molar-refractivity contribution is 7.13. The number of rotatable bonds is 4. The van der Waals surface area contributed by atoms with Crippen LogP contribution in [0.5, 0.6) is 11.5 Å². The number of thiazole rings is 1. The molecule has 0 aliphatic heterocycles. The first-order valence-electron chi connectivity index (χ1n) is 5.52. The van der Waals surface area contributed by atoms with E-state index in [-0.39, 0.29) is 18.1 Å². The quantitative estimate of drug-likeness (QED) is 0.869. The number of nitrogens with zero attached hydrogens (tertiary/aromatic N) is 1. The molecule has 0 aliphatic carbocycles. The van der Waals surface area contributed by atoms with Gasteiger partial charge in [-0.2, -0.15) is 0 Å². The van der Waals surface area contributed by atoms with Crippen LogP contribution in [0.15, 0.2) is 23.6 Å². The van der Waals surface area contributed by atoms with Gasteiger partial charge in [0.15, 0.2) is 11.5 Å². The van der Waals surface area contributed by atoms with Gasteiger partial charge in [0, 0.05) is 10.9 Å². The Morgan fingerprint density at radius 3 is 2.89 bits per heavy atom. The third-order valence-corrected chi connectivity index (χ3v) is 3.47. The number of esters is 1. The maximum atomic E-state index is 11.2. The van der Waals surface area contributed by atoms with Crippen molar-refractivity contribution in [3.8, 4) is 22.1 Å². The third kappa shape index (κ3) is 3.03. The maximum absolute atomic E-state index is 11.2. The minimum atomic E-state index is -0.319. The van der Waals surface area contributed by atoms with E-state index in [9.17, 15) is 9.90 Å². The average molecular weight is 279 g/mol. The van der Waals surface area contributed by atoms with Gasteiger partial charge in [-0.1, -0.05) is 0 Å². The molecule has 0 spiro atoms. The fraction of sp³-hybridized carbons (Fsp3) is 0.231. The highest BCUT2D eigenvalue weighted by atomic mass is 32.1. The summed E-state index contributed by atoms with van der Waals surface area (Å²) < 4.78 is 9.64. The average Bonchev–Trinajstić information content (AvgIpc) is 2.87. The minimum Gasteiger partial charge on any atom is -0.504 e. The molecule has 0 amide bonds. The van der Waals surface area contributed by atoms with Gasteiger partial charge in [0.2, 0.25) is 0 Å². The van der Waals surface area contributed by atoms with Crippen molar-refractivity contribution >= 4 is 17.3 Å². The van der Waals surface area contributed by atoms with E-state index in [4.69, 9.17) is 4.74 Å². The van der Waals surface area contributed by atoms with Crippen LogP contribution in [0.4, 0.5) is 0 Å². The first kappa shape index (κ1) is 13.4. The predicted molar refractivity (Wildman–Crippen MR) is 71.5 cm³/mol. The van der Waals surface area contributed by atoms with Crippen molar-refractivity contribution in [2.45, 2.75) is 6.42 Å². The smallest absolute Gasteiger partial charge is 0.311 e. The van der Waals surface area contributed by atoms with Crippen LogP contribution in [0.2, 0.25) is 0 Å². The molecule has 0 atom stereocenters. The van der Waals surface area contributed by atoms with Crippen molar-refractivity contribution < 1.29 is 19.4 Å². The van der Waals surface area contributed by atoms with Crippen LogP contribution >= 0.6 is 11.3 Å². The topological polar surface area (TPSA) is 68.7 Å². The fourth-order valence-electron chi connectivity index (χ4n) is 1.55. The van der Waals surface area contributed by atoms with E-state index in [1.165, 1.54) is 25.6 Å². The lowest BCUT2D eigenvalue weighted by atomic mass is 10.2. The Hall–Kier alpha value is -2.08. The molecule has 6 heteroatoms. The molecule has 2 rings (SSSR count). The van der Waals surface area contributed by atoms with Gasteiger partial charge in [-0.05, 0) is 18.2 Å². The first-order valence-corrected chi connectivity index (χ1v) is 6.40. The third-order valence-electron chi connectivity index (χ3n) is 2.53. The van der Waals surface area contributed by atoms with E-state index in [0.717, 1.165) is 10.6 Å². The number of carbonyl (C=O) groups is 1. The fourth-order valence-corrected chi connectivity index (χ4v) is 2.37. The largest absolute Gasteiger partial charge is 0.504 e. The van der Waals surface area contributed by atoms with Crippen molar-refractivity contribution in [1.29, 1.82) is 0 Å². The maximum Gasteiger partial charge on any atom is 0.311 e. The lowest BCUT2D eigenvalue weighted by Crippen LogP contribution is -2.04. The Labute approximate surface area is 114 Å². The van der Waals surface area contributed by atoms with E-state index in [2.05, 4.69) is 9.72 Å². The summed E-state index contributed by atoms with van der Waals surface area (Å²) in [7, 11) is 2.84. The summed E-state index contributed by atoms with van der Waals surface area (Å²) in [6.45, 7) is 0. The summed E-state index contributed by atoms with van der Waals surface area (Å²) >= 11 is 1.42. The number of hydrogen-bond acceptors (Lipinski definition) is 6. The second kappa shape index (κ2) is 5.71. The van der Waals surface area contributed by atoms with E-state index >= 15 is 0 Å². The SMILES string of the molecule is COC(=O)Cc1csc(-c2ccc(O)c(OC)c2)n1. The zero-order valence-electron chi connectivity index (χ0n) is 10.5. The number of aromatic hydroxyl groups is 1. The molecule has 1 aromatic heterocycles. The van der Waals surface area contributed by atoms with E-state index in [1.807, 2.05) is 5.38 Å². The van der Waals surface area contributed by atoms with Gasteiger partial charge in [0.1, 0.15) is 5.01 Å². The highest BCUT2D eigenvalue weighted by Crippen LogP contribution is 2.32. The van der Waals surface area contributed by atoms with E-state index in [1.54, 1.807) is 18.2 Å². The molecule has 100 valence electrons. The van der Waals surface area contributed by atoms with Gasteiger partial charge in [-0.3, -0.25) is 4.79 Å². The van der Waals surface area contributed by atoms with Crippen LogP contribution < -0.4 is 4.74 Å². The summed E-state index contributed by atoms with van der Waals surface area (Å²) in [6, 6.07) is 5.00. The van der Waals surface area contributed by atoms with Crippen LogP contribution in [0.1, 0.15) is 5.69 Å². The molecule has 1 N–H and O–H groups in total. The second-order valence-electron chi connectivity index (χ2n) is 3.78. The van der Waals surface area contributed by atoms with E-state index in [0.29, 0.717) is 11.4 Å². The van der Waals surface area contributed by atoms with Crippen molar-refractivity contribution in [2.75, 3.05) is 14.2 Å². The van der Waals surface area contributed by atoms with Crippen LogP contribution in [0.3, 0.4) is 0 Å². The number of aromatic nitrogens is 1. The van der Waals surface area contributed by atoms with E-state index < -0.39 is 0 Å². The van der Waals surface area contributed by atoms with Gasteiger partial charge in [0.25, 0.3) is 0 Å². The molecule has 5 nitrogen and oxygen atoms in total. The monoisotopic (exact) mass is 279 g/mol. The molecule has 2 aromatic rings. The Morgan fingerprint density at radius 2 is 2.21 bits per heavy atom. The summed E-state index contributed by atoms with van der Waals surface area (Å²) in [4.78, 5) is 15.5. The molecule has 0 radical (unpaired) electrons. The number of methoxy groups -OCH3 is 2. The Bertz CT molecular complexity index is 594. The van der Waals surface area contributed by atoms with Gasteiger partial charge >= 0.3 is 5.97 Å². The molecule has 0 saturated heterocycles. The van der Waals surface area contributed by atoms with Crippen LogP contribution in [0, 0.1) is 0 Å². The van der Waals surface area contributed by atoms with Gasteiger partial charge in [-0.15, -0.1) is 11.3 Å². The lowest BCUT2D eigenvalue weighted by molar-refractivity contribution is -0.139. The lowest BCUT2D eigenvalue weighted by Gasteiger charge is -2.04.